The van der Waals surface area contributed by atoms with Gasteiger partial charge in [-0.05, 0) is 23.6 Å². The van der Waals surface area contributed by atoms with Gasteiger partial charge in [0.15, 0.2) is 0 Å². The number of carbonyl (C=O) groups is 1. The van der Waals surface area contributed by atoms with Crippen LogP contribution in [0.15, 0.2) is 48.7 Å². The summed E-state index contributed by atoms with van der Waals surface area (Å²) < 4.78 is 6.93. The molecule has 2 aromatic heterocycles. The van der Waals surface area contributed by atoms with Crippen LogP contribution in [0.3, 0.4) is 0 Å². The molecule has 3 aromatic rings. The molecule has 0 radical (unpaired) electrons. The molecule has 1 aliphatic rings. The number of benzene rings is 1. The number of hydrogen-bond donors (Lipinski definition) is 0. The van der Waals surface area contributed by atoms with Crippen LogP contribution < -0.4 is 4.74 Å². The first-order valence-corrected chi connectivity index (χ1v) is 8.33. The average Bonchev–Trinajstić information content (AvgIpc) is 3.21. The Hall–Kier alpha value is -2.47. The molecule has 1 aromatic carbocycles. The Morgan fingerprint density at radius 2 is 2.17 bits per heavy atom. The van der Waals surface area contributed by atoms with Crippen molar-refractivity contribution in [2.24, 2.45) is 0 Å². The van der Waals surface area contributed by atoms with Crippen LogP contribution in [-0.4, -0.2) is 40.2 Å². The topological polar surface area (TPSA) is 55.3 Å². The molecular weight excluding hydrogens is 310 g/mol. The smallest absolute Gasteiger partial charge is 0.264 e. The predicted molar refractivity (Wildman–Crippen MR) is 88.8 cm³/mol. The van der Waals surface area contributed by atoms with E-state index >= 15 is 0 Å². The first-order valence-electron chi connectivity index (χ1n) is 7.52. The number of amides is 1. The first kappa shape index (κ1) is 14.1. The lowest BCUT2D eigenvalue weighted by atomic mass is 10.2. The Bertz CT molecular complexity index is 801. The second-order valence-electron chi connectivity index (χ2n) is 5.49. The summed E-state index contributed by atoms with van der Waals surface area (Å²) in [6.07, 6.45) is 2.40. The van der Waals surface area contributed by atoms with Gasteiger partial charge in [0.1, 0.15) is 6.10 Å². The number of likely N-dealkylation sites (tertiary alicyclic amines) is 1. The number of nitrogens with zero attached hydrogens (tertiary/aromatic N) is 3. The van der Waals surface area contributed by atoms with Gasteiger partial charge < -0.3 is 9.64 Å². The summed E-state index contributed by atoms with van der Waals surface area (Å²) in [4.78, 5) is 15.3. The van der Waals surface area contributed by atoms with Crippen LogP contribution >= 0.6 is 11.3 Å². The number of aromatic nitrogens is 2. The molecule has 1 fully saturated rings. The third kappa shape index (κ3) is 2.90. The van der Waals surface area contributed by atoms with Gasteiger partial charge >= 0.3 is 0 Å². The summed E-state index contributed by atoms with van der Waals surface area (Å²) in [5.74, 6) is 0.588. The zero-order valence-electron chi connectivity index (χ0n) is 12.4. The highest BCUT2D eigenvalue weighted by atomic mass is 32.1. The quantitative estimate of drug-likeness (QED) is 0.743. The Labute approximate surface area is 137 Å². The van der Waals surface area contributed by atoms with Crippen LogP contribution in [0.2, 0.25) is 0 Å². The number of ether oxygens (including phenoxy) is 1. The standard InChI is InChI=1S/C17H15N3O2S/c21-17(15-10-12-4-1-2-5-14(12)23-15)20-9-7-13(11-20)22-16-6-3-8-18-19-16/h1-6,8,10,13H,7,9,11H2/t13-/m0/s1. The van der Waals surface area contributed by atoms with Gasteiger partial charge in [-0.1, -0.05) is 18.2 Å². The zero-order valence-corrected chi connectivity index (χ0v) is 13.2. The van der Waals surface area contributed by atoms with Crippen molar-refractivity contribution >= 4 is 27.3 Å². The van der Waals surface area contributed by atoms with E-state index in [-0.39, 0.29) is 12.0 Å². The zero-order chi connectivity index (χ0) is 15.6. The van der Waals surface area contributed by atoms with Crippen molar-refractivity contribution in [1.29, 1.82) is 0 Å². The summed E-state index contributed by atoms with van der Waals surface area (Å²) in [6, 6.07) is 13.6. The molecule has 1 atom stereocenters. The van der Waals surface area contributed by atoms with Gasteiger partial charge in [0.25, 0.3) is 5.91 Å². The molecule has 23 heavy (non-hydrogen) atoms. The van der Waals surface area contributed by atoms with Crippen LogP contribution in [0.25, 0.3) is 10.1 Å². The fourth-order valence-electron chi connectivity index (χ4n) is 2.77. The molecule has 116 valence electrons. The van der Waals surface area contributed by atoms with E-state index in [2.05, 4.69) is 10.2 Å². The highest BCUT2D eigenvalue weighted by molar-refractivity contribution is 7.20. The molecule has 0 bridgehead atoms. The molecule has 3 heterocycles. The third-order valence-corrected chi connectivity index (χ3v) is 5.01. The van der Waals surface area contributed by atoms with Crippen LogP contribution in [0, 0.1) is 0 Å². The van der Waals surface area contributed by atoms with Gasteiger partial charge in [-0.25, -0.2) is 0 Å². The van der Waals surface area contributed by atoms with Gasteiger partial charge in [-0.15, -0.1) is 16.4 Å². The molecule has 0 N–H and O–H groups in total. The maximum atomic E-state index is 12.7. The second kappa shape index (κ2) is 5.96. The van der Waals surface area contributed by atoms with Crippen molar-refractivity contribution < 1.29 is 9.53 Å². The lowest BCUT2D eigenvalue weighted by Gasteiger charge is -2.15. The van der Waals surface area contributed by atoms with Gasteiger partial charge in [-0.2, -0.15) is 5.10 Å². The largest absolute Gasteiger partial charge is 0.471 e. The molecule has 6 heteroatoms. The van der Waals surface area contributed by atoms with Crippen molar-refractivity contribution in [2.75, 3.05) is 13.1 Å². The Morgan fingerprint density at radius 1 is 1.26 bits per heavy atom. The lowest BCUT2D eigenvalue weighted by molar-refractivity contribution is 0.0776. The van der Waals surface area contributed by atoms with Gasteiger partial charge in [-0.3, -0.25) is 4.79 Å². The second-order valence-corrected chi connectivity index (χ2v) is 6.57. The van der Waals surface area contributed by atoms with Crippen LogP contribution in [0.5, 0.6) is 5.88 Å². The van der Waals surface area contributed by atoms with Crippen molar-refractivity contribution in [3.05, 3.63) is 53.5 Å². The number of rotatable bonds is 3. The Kier molecular flexibility index (Phi) is 3.67. The van der Waals surface area contributed by atoms with Gasteiger partial charge in [0, 0.05) is 29.9 Å². The van der Waals surface area contributed by atoms with E-state index in [0.29, 0.717) is 19.0 Å². The maximum Gasteiger partial charge on any atom is 0.264 e. The molecule has 0 saturated carbocycles. The number of hydrogen-bond acceptors (Lipinski definition) is 5. The number of thiophene rings is 1. The molecule has 0 aliphatic carbocycles. The molecule has 1 aliphatic heterocycles. The van der Waals surface area contributed by atoms with Gasteiger partial charge in [0.2, 0.25) is 5.88 Å². The average molecular weight is 325 g/mol. The minimum atomic E-state index is -0.0231. The summed E-state index contributed by atoms with van der Waals surface area (Å²) in [6.45, 7) is 1.29. The molecule has 0 unspecified atom stereocenters. The van der Waals surface area contributed by atoms with E-state index in [9.17, 15) is 4.79 Å². The Balaban J connectivity index is 1.45. The van der Waals surface area contributed by atoms with E-state index < -0.39 is 0 Å². The monoisotopic (exact) mass is 325 g/mol. The van der Waals surface area contributed by atoms with E-state index in [4.69, 9.17) is 4.74 Å². The minimum Gasteiger partial charge on any atom is -0.471 e. The number of carbonyl (C=O) groups excluding carboxylic acids is 1. The van der Waals surface area contributed by atoms with Crippen LogP contribution in [0.4, 0.5) is 0 Å². The fraction of sp³-hybridized carbons (Fsp3) is 0.235. The molecular formula is C17H15N3O2S. The highest BCUT2D eigenvalue weighted by Crippen LogP contribution is 2.27. The van der Waals surface area contributed by atoms with E-state index in [1.54, 1.807) is 29.7 Å². The number of fused-ring (bicyclic) bond motifs is 1. The van der Waals surface area contributed by atoms with E-state index in [1.165, 1.54) is 0 Å². The molecule has 5 nitrogen and oxygen atoms in total. The predicted octanol–water partition coefficient (Wildman–Crippen LogP) is 2.98. The highest BCUT2D eigenvalue weighted by Gasteiger charge is 2.29. The summed E-state index contributed by atoms with van der Waals surface area (Å²) >= 11 is 1.54. The fourth-order valence-corrected chi connectivity index (χ4v) is 3.80. The van der Waals surface area contributed by atoms with Crippen LogP contribution in [-0.2, 0) is 0 Å². The molecule has 4 rings (SSSR count). The first-order chi connectivity index (χ1) is 11.3. The van der Waals surface area contributed by atoms with Crippen molar-refractivity contribution in [2.45, 2.75) is 12.5 Å². The van der Waals surface area contributed by atoms with Crippen molar-refractivity contribution in [3.8, 4) is 5.88 Å². The summed E-state index contributed by atoms with van der Waals surface area (Å²) in [7, 11) is 0. The molecule has 0 spiro atoms. The maximum absolute atomic E-state index is 12.7. The lowest BCUT2D eigenvalue weighted by Crippen LogP contribution is -2.30. The van der Waals surface area contributed by atoms with E-state index in [0.717, 1.165) is 21.4 Å². The minimum absolute atomic E-state index is 0.0231. The summed E-state index contributed by atoms with van der Waals surface area (Å²) in [5.41, 5.74) is 0. The van der Waals surface area contributed by atoms with E-state index in [1.807, 2.05) is 35.2 Å². The van der Waals surface area contributed by atoms with Crippen molar-refractivity contribution in [3.63, 3.8) is 0 Å². The molecule has 1 amide bonds. The van der Waals surface area contributed by atoms with Gasteiger partial charge in [0.05, 0.1) is 11.4 Å². The van der Waals surface area contributed by atoms with Crippen molar-refractivity contribution in [1.82, 2.24) is 15.1 Å². The summed E-state index contributed by atoms with van der Waals surface area (Å²) in [5, 5.41) is 8.84. The Morgan fingerprint density at radius 3 is 3.00 bits per heavy atom. The third-order valence-electron chi connectivity index (χ3n) is 3.90. The van der Waals surface area contributed by atoms with Crippen LogP contribution in [0.1, 0.15) is 16.1 Å². The normalized spacial score (nSPS) is 17.6. The SMILES string of the molecule is O=C(c1cc2ccccc2s1)N1CC[C@H](Oc2cccnn2)C1. The molecule has 1 saturated heterocycles.